The second-order valence-electron chi connectivity index (χ2n) is 13.2. The number of hydrogen-bond donors (Lipinski definition) is 2. The number of carbonyl (C=O) groups excluding carboxylic acids is 1. The van der Waals surface area contributed by atoms with Crippen LogP contribution >= 0.6 is 0 Å². The first-order valence-electron chi connectivity index (χ1n) is 16.3. The quantitative estimate of drug-likeness (QED) is 0.159. The minimum absolute atomic E-state index is 0.0622. The molecule has 1 aliphatic heterocycles. The number of halogens is 1. The van der Waals surface area contributed by atoms with Crippen molar-refractivity contribution in [1.29, 1.82) is 0 Å². The van der Waals surface area contributed by atoms with Crippen molar-refractivity contribution in [2.24, 2.45) is 0 Å². The van der Waals surface area contributed by atoms with E-state index < -0.39 is 27.2 Å². The summed E-state index contributed by atoms with van der Waals surface area (Å²) in [6.07, 6.45) is 4.59. The number of fused-ring (bicyclic) bond motifs is 1. The van der Waals surface area contributed by atoms with Gasteiger partial charge in [0.2, 0.25) is 21.9 Å². The molecule has 0 spiro atoms. The average molecular weight is 699 g/mol. The predicted octanol–water partition coefficient (Wildman–Crippen LogP) is 7.68. The molecule has 1 fully saturated rings. The average Bonchev–Trinajstić information content (AvgIpc) is 3.07. The van der Waals surface area contributed by atoms with Crippen LogP contribution in [0.2, 0.25) is 0 Å². The lowest BCUT2D eigenvalue weighted by atomic mass is 10.0. The summed E-state index contributed by atoms with van der Waals surface area (Å²) in [6, 6.07) is 20.0. The first-order chi connectivity index (χ1) is 23.8. The molecule has 1 unspecified atom stereocenters. The third-order valence-electron chi connectivity index (χ3n) is 8.09. The summed E-state index contributed by atoms with van der Waals surface area (Å²) < 4.78 is 55.1. The molecule has 2 aromatic heterocycles. The smallest absolute Gasteiger partial charge is 0.410 e. The van der Waals surface area contributed by atoms with E-state index >= 15 is 0 Å². The van der Waals surface area contributed by atoms with Crippen LogP contribution in [0, 0.1) is 12.7 Å². The van der Waals surface area contributed by atoms with E-state index in [9.17, 15) is 17.6 Å². The monoisotopic (exact) mass is 698 g/mol. The lowest BCUT2D eigenvalue weighted by Gasteiger charge is -2.34. The number of pyridine rings is 1. The Morgan fingerprint density at radius 1 is 0.980 bits per heavy atom. The fourth-order valence-corrected chi connectivity index (χ4v) is 7.03. The van der Waals surface area contributed by atoms with Crippen molar-refractivity contribution in [1.82, 2.24) is 19.9 Å². The number of sulfonamides is 1. The number of hydrogen-bond acceptors (Lipinski definition) is 9. The topological polar surface area (TPSA) is 136 Å². The van der Waals surface area contributed by atoms with Crippen LogP contribution < -0.4 is 14.8 Å². The number of piperidine rings is 1. The molecule has 50 heavy (non-hydrogen) atoms. The van der Waals surface area contributed by atoms with Gasteiger partial charge in [0.05, 0.1) is 22.7 Å². The van der Waals surface area contributed by atoms with Gasteiger partial charge in [0, 0.05) is 47.9 Å². The van der Waals surface area contributed by atoms with E-state index in [1.165, 1.54) is 18.2 Å². The van der Waals surface area contributed by atoms with Gasteiger partial charge in [-0.25, -0.2) is 32.6 Å². The Bertz CT molecular complexity index is 2140. The summed E-state index contributed by atoms with van der Waals surface area (Å²) in [6.45, 7) is 8.53. The van der Waals surface area contributed by atoms with Crippen molar-refractivity contribution in [2.45, 2.75) is 57.9 Å². The minimum atomic E-state index is -3.94. The van der Waals surface area contributed by atoms with Gasteiger partial charge < -0.3 is 19.7 Å². The van der Waals surface area contributed by atoms with Gasteiger partial charge in [0.25, 0.3) is 0 Å². The highest BCUT2D eigenvalue weighted by Crippen LogP contribution is 2.39. The van der Waals surface area contributed by atoms with Gasteiger partial charge in [0.15, 0.2) is 0 Å². The van der Waals surface area contributed by atoms with Crippen molar-refractivity contribution >= 4 is 38.5 Å². The molecule has 3 heterocycles. The van der Waals surface area contributed by atoms with E-state index in [4.69, 9.17) is 14.5 Å². The number of nitrogens with one attached hydrogen (secondary N) is 2. The molecule has 0 bridgehead atoms. The van der Waals surface area contributed by atoms with Crippen LogP contribution in [0.1, 0.15) is 44.7 Å². The maximum atomic E-state index is 14.2. The summed E-state index contributed by atoms with van der Waals surface area (Å²) in [5.41, 5.74) is 1.84. The van der Waals surface area contributed by atoms with Gasteiger partial charge in [-0.1, -0.05) is 42.5 Å². The summed E-state index contributed by atoms with van der Waals surface area (Å²) in [7, 11) is -3.94. The van der Waals surface area contributed by atoms with Crippen LogP contribution in [-0.2, 0) is 20.5 Å². The molecule has 5 aromatic rings. The van der Waals surface area contributed by atoms with Crippen LogP contribution in [0.5, 0.6) is 11.6 Å². The van der Waals surface area contributed by atoms with E-state index in [1.54, 1.807) is 47.6 Å². The second kappa shape index (κ2) is 14.3. The summed E-state index contributed by atoms with van der Waals surface area (Å²) >= 11 is 0. The van der Waals surface area contributed by atoms with Crippen molar-refractivity contribution < 1.29 is 27.1 Å². The van der Waals surface area contributed by atoms with Crippen LogP contribution in [-0.4, -0.2) is 59.1 Å². The largest absolute Gasteiger partial charge is 0.444 e. The number of likely N-dealkylation sites (tertiary alicyclic amines) is 1. The molecule has 0 aliphatic carbocycles. The summed E-state index contributed by atoms with van der Waals surface area (Å²) in [5.74, 6) is 0.100. The fourth-order valence-electron chi connectivity index (χ4n) is 5.80. The number of carbonyl (C=O) groups is 1. The molecule has 0 radical (unpaired) electrons. The zero-order valence-electron chi connectivity index (χ0n) is 28.3. The van der Waals surface area contributed by atoms with E-state index in [2.05, 4.69) is 20.0 Å². The number of rotatable bonds is 9. The number of aromatic nitrogens is 3. The molecule has 0 saturated carbocycles. The highest BCUT2D eigenvalue weighted by molar-refractivity contribution is 7.91. The number of ether oxygens (including phenoxy) is 2. The van der Waals surface area contributed by atoms with Gasteiger partial charge in [-0.05, 0) is 76.4 Å². The van der Waals surface area contributed by atoms with Crippen LogP contribution in [0.15, 0.2) is 85.2 Å². The summed E-state index contributed by atoms with van der Waals surface area (Å²) in [5, 5.41) is 4.63. The fraction of sp³-hybridized carbons (Fsp3) is 0.297. The van der Waals surface area contributed by atoms with Gasteiger partial charge in [0.1, 0.15) is 17.2 Å². The minimum Gasteiger partial charge on any atom is -0.444 e. The third kappa shape index (κ3) is 8.28. The molecule has 1 aliphatic rings. The zero-order chi connectivity index (χ0) is 35.5. The molecule has 1 amide bonds. The normalized spacial score (nSPS) is 15.1. The van der Waals surface area contributed by atoms with E-state index in [0.29, 0.717) is 58.4 Å². The van der Waals surface area contributed by atoms with Crippen LogP contribution in [0.25, 0.3) is 22.0 Å². The maximum absolute atomic E-state index is 14.2. The van der Waals surface area contributed by atoms with Crippen LogP contribution in [0.4, 0.5) is 20.8 Å². The van der Waals surface area contributed by atoms with Crippen molar-refractivity contribution in [3.63, 3.8) is 0 Å². The number of aryl methyl sites for hydroxylation is 1. The van der Waals surface area contributed by atoms with E-state index in [-0.39, 0.29) is 17.7 Å². The molecular formula is C37H39FN6O5S. The predicted molar refractivity (Wildman–Crippen MR) is 191 cm³/mol. The SMILES string of the molecule is Cc1ccc2c(NS(=O)(=O)Cc3ccccc3F)cccc2c1Oc1ncccc1-c1ccnc(NC2CCCN(C(=O)OC(C)(C)C)C2)n1. The number of anilines is 2. The number of benzene rings is 3. The Morgan fingerprint density at radius 3 is 2.60 bits per heavy atom. The molecular weight excluding hydrogens is 660 g/mol. The molecule has 11 nitrogen and oxygen atoms in total. The Labute approximate surface area is 290 Å². The third-order valence-corrected chi connectivity index (χ3v) is 9.31. The summed E-state index contributed by atoms with van der Waals surface area (Å²) in [4.78, 5) is 28.1. The molecule has 6 rings (SSSR count). The molecule has 260 valence electrons. The van der Waals surface area contributed by atoms with Crippen molar-refractivity contribution in [3.05, 3.63) is 102 Å². The molecule has 1 saturated heterocycles. The first kappa shape index (κ1) is 34.6. The standard InChI is InChI=1S/C37H39FN6O5S/c1-24-16-17-27-28(12-7-15-32(27)43-50(46,47)23-25-10-5-6-14-30(25)38)33(24)48-34-29(13-8-19-39-34)31-18-20-40-35(42-31)41-26-11-9-21-44(22-26)36(45)49-37(2,3)4/h5-8,10,12-20,26,43H,9,11,21-23H2,1-4H3,(H,40,41,42). The second-order valence-corrected chi connectivity index (χ2v) is 14.9. The lowest BCUT2D eigenvalue weighted by Crippen LogP contribution is -2.47. The number of nitrogens with zero attached hydrogens (tertiary/aromatic N) is 4. The molecule has 2 N–H and O–H groups in total. The Kier molecular flexibility index (Phi) is 9.87. The molecule has 13 heteroatoms. The Balaban J connectivity index is 1.24. The van der Waals surface area contributed by atoms with Gasteiger partial charge in [-0.2, -0.15) is 0 Å². The molecule has 1 atom stereocenters. The Morgan fingerprint density at radius 2 is 1.80 bits per heavy atom. The maximum Gasteiger partial charge on any atom is 0.410 e. The van der Waals surface area contributed by atoms with Gasteiger partial charge in [-0.15, -0.1) is 0 Å². The zero-order valence-corrected chi connectivity index (χ0v) is 29.1. The highest BCUT2D eigenvalue weighted by atomic mass is 32.2. The van der Waals surface area contributed by atoms with E-state index in [0.717, 1.165) is 18.4 Å². The molecule has 3 aromatic carbocycles. The van der Waals surface area contributed by atoms with Crippen molar-refractivity contribution in [3.8, 4) is 22.9 Å². The highest BCUT2D eigenvalue weighted by Gasteiger charge is 2.28. The van der Waals surface area contributed by atoms with Gasteiger partial charge >= 0.3 is 6.09 Å². The lowest BCUT2D eigenvalue weighted by molar-refractivity contribution is 0.0206. The Hall–Kier alpha value is -5.30. The van der Waals surface area contributed by atoms with E-state index in [1.807, 2.05) is 52.0 Å². The van der Waals surface area contributed by atoms with Crippen molar-refractivity contribution in [2.75, 3.05) is 23.1 Å². The first-order valence-corrected chi connectivity index (χ1v) is 18.0. The van der Waals surface area contributed by atoms with Crippen LogP contribution in [0.3, 0.4) is 0 Å². The number of amides is 1. The van der Waals surface area contributed by atoms with Gasteiger partial charge in [-0.3, -0.25) is 4.72 Å².